The Hall–Kier alpha value is -1.40. The number of aliphatic hydroxyl groups is 1. The molecule has 1 aromatic heterocycles. The second-order valence-electron chi connectivity index (χ2n) is 3.92. The Bertz CT molecular complexity index is 311. The number of aromatic nitrogens is 2. The Labute approximate surface area is 101 Å². The maximum Gasteiger partial charge on any atom is 0.221 e. The van der Waals surface area contributed by atoms with Crippen LogP contribution in [0.2, 0.25) is 0 Å². The molecule has 6 heteroatoms. The highest BCUT2D eigenvalue weighted by Gasteiger charge is 2.01. The minimum Gasteiger partial charge on any atom is -0.392 e. The predicted octanol–water partition coefficient (Wildman–Crippen LogP) is -0.640. The van der Waals surface area contributed by atoms with E-state index in [2.05, 4.69) is 15.7 Å². The summed E-state index contributed by atoms with van der Waals surface area (Å²) in [5, 5.41) is 18.8. The summed E-state index contributed by atoms with van der Waals surface area (Å²) in [4.78, 5) is 11.4. The van der Waals surface area contributed by atoms with Crippen LogP contribution in [0.1, 0.15) is 13.3 Å². The van der Waals surface area contributed by atoms with Crippen LogP contribution in [0.3, 0.4) is 0 Å². The van der Waals surface area contributed by atoms with Gasteiger partial charge in [0.2, 0.25) is 5.91 Å². The number of nitrogens with zero attached hydrogens (tertiary/aromatic N) is 2. The fraction of sp³-hybridized carbons (Fsp3) is 0.636. The van der Waals surface area contributed by atoms with E-state index in [-0.39, 0.29) is 12.0 Å². The predicted molar refractivity (Wildman–Crippen MR) is 64.4 cm³/mol. The highest BCUT2D eigenvalue weighted by molar-refractivity contribution is 5.75. The average Bonchev–Trinajstić information content (AvgIpc) is 2.78. The third-order valence-corrected chi connectivity index (χ3v) is 2.19. The monoisotopic (exact) mass is 240 g/mol. The number of aryl methyl sites for hydroxylation is 1. The molecule has 0 radical (unpaired) electrons. The van der Waals surface area contributed by atoms with Crippen LogP contribution in [-0.4, -0.2) is 46.5 Å². The fourth-order valence-electron chi connectivity index (χ4n) is 1.34. The smallest absolute Gasteiger partial charge is 0.221 e. The van der Waals surface area contributed by atoms with E-state index in [4.69, 9.17) is 5.11 Å². The molecular weight excluding hydrogens is 220 g/mol. The van der Waals surface area contributed by atoms with Crippen molar-refractivity contribution >= 4 is 5.91 Å². The molecule has 0 fully saturated rings. The highest BCUT2D eigenvalue weighted by atomic mass is 16.3. The van der Waals surface area contributed by atoms with E-state index in [0.717, 1.165) is 0 Å². The summed E-state index contributed by atoms with van der Waals surface area (Å²) in [7, 11) is 0. The minimum absolute atomic E-state index is 0.0133. The minimum atomic E-state index is -0.356. The number of carbonyl (C=O) groups is 1. The molecule has 1 amide bonds. The maximum absolute atomic E-state index is 11.4. The van der Waals surface area contributed by atoms with Crippen LogP contribution < -0.4 is 10.6 Å². The molecule has 0 aliphatic rings. The first-order valence-electron chi connectivity index (χ1n) is 5.81. The van der Waals surface area contributed by atoms with Gasteiger partial charge in [0.15, 0.2) is 0 Å². The van der Waals surface area contributed by atoms with Crippen molar-refractivity contribution in [1.82, 2.24) is 20.4 Å². The van der Waals surface area contributed by atoms with Gasteiger partial charge in [0.05, 0.1) is 6.10 Å². The third-order valence-electron chi connectivity index (χ3n) is 2.19. The van der Waals surface area contributed by atoms with E-state index in [1.807, 2.05) is 12.3 Å². The molecule has 0 aromatic carbocycles. The van der Waals surface area contributed by atoms with Crippen molar-refractivity contribution in [2.45, 2.75) is 26.0 Å². The summed E-state index contributed by atoms with van der Waals surface area (Å²) < 4.78 is 1.73. The van der Waals surface area contributed by atoms with Gasteiger partial charge in [-0.25, -0.2) is 0 Å². The molecule has 0 spiro atoms. The molecule has 0 aliphatic carbocycles. The number of carbonyl (C=O) groups excluding carboxylic acids is 1. The molecule has 0 bridgehead atoms. The van der Waals surface area contributed by atoms with Crippen LogP contribution in [0.25, 0.3) is 0 Å². The van der Waals surface area contributed by atoms with Crippen LogP contribution in [0.5, 0.6) is 0 Å². The molecule has 3 N–H and O–H groups in total. The first-order valence-corrected chi connectivity index (χ1v) is 5.81. The molecule has 0 saturated heterocycles. The largest absolute Gasteiger partial charge is 0.392 e. The van der Waals surface area contributed by atoms with Gasteiger partial charge >= 0.3 is 0 Å². The van der Waals surface area contributed by atoms with E-state index in [1.54, 1.807) is 17.8 Å². The third kappa shape index (κ3) is 6.70. The lowest BCUT2D eigenvalue weighted by atomic mass is 10.4. The lowest BCUT2D eigenvalue weighted by Gasteiger charge is -2.08. The van der Waals surface area contributed by atoms with Crippen molar-refractivity contribution in [2.75, 3.05) is 19.6 Å². The van der Waals surface area contributed by atoms with Gasteiger partial charge in [0, 0.05) is 45.0 Å². The molecular formula is C11H20N4O2. The van der Waals surface area contributed by atoms with Crippen molar-refractivity contribution in [3.05, 3.63) is 18.5 Å². The molecule has 17 heavy (non-hydrogen) atoms. The van der Waals surface area contributed by atoms with Crippen LogP contribution in [0.4, 0.5) is 0 Å². The van der Waals surface area contributed by atoms with Crippen molar-refractivity contribution < 1.29 is 9.90 Å². The van der Waals surface area contributed by atoms with E-state index in [0.29, 0.717) is 32.6 Å². The summed E-state index contributed by atoms with van der Waals surface area (Å²) in [6.45, 7) is 4.10. The molecule has 1 aromatic rings. The van der Waals surface area contributed by atoms with Crippen LogP contribution in [-0.2, 0) is 11.3 Å². The zero-order chi connectivity index (χ0) is 12.5. The summed E-state index contributed by atoms with van der Waals surface area (Å²) in [5.41, 5.74) is 0. The average molecular weight is 240 g/mol. The van der Waals surface area contributed by atoms with E-state index >= 15 is 0 Å². The summed E-state index contributed by atoms with van der Waals surface area (Å²) in [6.07, 6.45) is 3.60. The molecule has 0 aliphatic heterocycles. The number of rotatable bonds is 8. The quantitative estimate of drug-likeness (QED) is 0.528. The van der Waals surface area contributed by atoms with Gasteiger partial charge in [-0.15, -0.1) is 0 Å². The van der Waals surface area contributed by atoms with Crippen molar-refractivity contribution in [2.24, 2.45) is 0 Å². The van der Waals surface area contributed by atoms with Gasteiger partial charge in [-0.05, 0) is 13.0 Å². The zero-order valence-corrected chi connectivity index (χ0v) is 10.1. The van der Waals surface area contributed by atoms with Gasteiger partial charge in [-0.2, -0.15) is 5.10 Å². The first kappa shape index (κ1) is 13.7. The van der Waals surface area contributed by atoms with Crippen molar-refractivity contribution in [3.8, 4) is 0 Å². The molecule has 1 rings (SSSR count). The highest BCUT2D eigenvalue weighted by Crippen LogP contribution is 1.88. The Morgan fingerprint density at radius 1 is 1.53 bits per heavy atom. The van der Waals surface area contributed by atoms with Gasteiger partial charge in [0.25, 0.3) is 0 Å². The number of nitrogens with one attached hydrogen (secondary N) is 2. The molecule has 0 saturated carbocycles. The van der Waals surface area contributed by atoms with Gasteiger partial charge in [-0.1, -0.05) is 0 Å². The van der Waals surface area contributed by atoms with Crippen LogP contribution in [0.15, 0.2) is 18.5 Å². The van der Waals surface area contributed by atoms with E-state index < -0.39 is 0 Å². The maximum atomic E-state index is 11.4. The van der Waals surface area contributed by atoms with Gasteiger partial charge < -0.3 is 15.7 Å². The Morgan fingerprint density at radius 3 is 3.00 bits per heavy atom. The van der Waals surface area contributed by atoms with Crippen LogP contribution >= 0.6 is 0 Å². The van der Waals surface area contributed by atoms with Gasteiger partial charge in [0.1, 0.15) is 0 Å². The Morgan fingerprint density at radius 2 is 2.35 bits per heavy atom. The zero-order valence-electron chi connectivity index (χ0n) is 10.1. The van der Waals surface area contributed by atoms with Crippen molar-refractivity contribution in [1.29, 1.82) is 0 Å². The van der Waals surface area contributed by atoms with Crippen LogP contribution in [0, 0.1) is 0 Å². The number of amides is 1. The first-order chi connectivity index (χ1) is 8.18. The summed E-state index contributed by atoms with van der Waals surface area (Å²) >= 11 is 0. The molecule has 1 heterocycles. The summed E-state index contributed by atoms with van der Waals surface area (Å²) in [6, 6.07) is 1.83. The van der Waals surface area contributed by atoms with Crippen molar-refractivity contribution in [3.63, 3.8) is 0 Å². The second-order valence-corrected chi connectivity index (χ2v) is 3.92. The topological polar surface area (TPSA) is 79.2 Å². The lowest BCUT2D eigenvalue weighted by molar-refractivity contribution is -0.121. The molecule has 1 atom stereocenters. The fourth-order valence-corrected chi connectivity index (χ4v) is 1.34. The normalized spacial score (nSPS) is 12.4. The standard InChI is InChI=1S/C11H20N4O2/c1-10(16)9-12-5-6-13-11(17)3-8-15-7-2-4-14-15/h2,4,7,10,12,16H,3,5-6,8-9H2,1H3,(H,13,17). The lowest BCUT2D eigenvalue weighted by Crippen LogP contribution is -2.34. The second kappa shape index (κ2) is 7.81. The number of aliphatic hydroxyl groups excluding tert-OH is 1. The summed E-state index contributed by atoms with van der Waals surface area (Å²) in [5.74, 6) is 0.0133. The van der Waals surface area contributed by atoms with Gasteiger partial charge in [-0.3, -0.25) is 9.48 Å². The molecule has 6 nitrogen and oxygen atoms in total. The van der Waals surface area contributed by atoms with E-state index in [9.17, 15) is 4.79 Å². The Balaban J connectivity index is 1.98. The van der Waals surface area contributed by atoms with E-state index in [1.165, 1.54) is 0 Å². The number of hydrogen-bond acceptors (Lipinski definition) is 4. The molecule has 96 valence electrons. The molecule has 1 unspecified atom stereocenters. The number of hydrogen-bond donors (Lipinski definition) is 3. The Kier molecular flexibility index (Phi) is 6.27. The SMILES string of the molecule is CC(O)CNCCNC(=O)CCn1cccn1.